The molecule has 32 heavy (non-hydrogen) atoms. The average Bonchev–Trinajstić information content (AvgIpc) is 2.79. The van der Waals surface area contributed by atoms with Gasteiger partial charge in [0.2, 0.25) is 0 Å². The Morgan fingerprint density at radius 1 is 1.09 bits per heavy atom. The first-order chi connectivity index (χ1) is 15.2. The fourth-order valence-electron chi connectivity index (χ4n) is 3.16. The summed E-state index contributed by atoms with van der Waals surface area (Å²) >= 11 is 0. The lowest BCUT2D eigenvalue weighted by Crippen LogP contribution is -2.47. The van der Waals surface area contributed by atoms with Crippen LogP contribution in [0.2, 0.25) is 0 Å². The van der Waals surface area contributed by atoms with Gasteiger partial charge in [0.25, 0.3) is 0 Å². The summed E-state index contributed by atoms with van der Waals surface area (Å²) in [7, 11) is 0.0932. The monoisotopic (exact) mass is 475 g/mol. The van der Waals surface area contributed by atoms with Gasteiger partial charge in [-0.2, -0.15) is 13.2 Å². The maximum absolute atomic E-state index is 13.6. The number of aliphatic hydroxyl groups is 1. The first-order valence-electron chi connectivity index (χ1n) is 10.1. The molecule has 0 aliphatic carbocycles. The molecule has 2 rings (SSSR count). The van der Waals surface area contributed by atoms with Crippen molar-refractivity contribution in [2.75, 3.05) is 26.9 Å². The third kappa shape index (κ3) is 8.13. The molecule has 178 valence electrons. The van der Waals surface area contributed by atoms with Crippen molar-refractivity contribution >= 4 is 8.69 Å². The summed E-state index contributed by atoms with van der Waals surface area (Å²) in [6, 6.07) is 11.4. The van der Waals surface area contributed by atoms with Gasteiger partial charge in [0.05, 0.1) is 38.0 Å². The van der Waals surface area contributed by atoms with Crippen LogP contribution in [-0.2, 0) is 28.1 Å². The maximum atomic E-state index is 13.6. The SMILES string of the molecule is COc1cccc(CCCOc2ccc(CCC(N)(CO)CO[PH2]=O)cc2C(F)(F)F)c1. The first kappa shape index (κ1) is 26.2. The predicted octanol–water partition coefficient (Wildman–Crippen LogP) is 4.04. The number of hydrogen-bond donors (Lipinski definition) is 2. The van der Waals surface area contributed by atoms with E-state index in [4.69, 9.17) is 19.7 Å². The molecule has 0 aliphatic rings. The van der Waals surface area contributed by atoms with Crippen LogP contribution in [0.3, 0.4) is 0 Å². The molecule has 2 atom stereocenters. The first-order valence-corrected chi connectivity index (χ1v) is 11.1. The molecule has 0 spiro atoms. The van der Waals surface area contributed by atoms with Gasteiger partial charge in [0.1, 0.15) is 11.5 Å². The molecule has 3 N–H and O–H groups in total. The summed E-state index contributed by atoms with van der Waals surface area (Å²) in [4.78, 5) is 0. The number of benzene rings is 2. The Bertz CT molecular complexity index is 881. The molecular weight excluding hydrogens is 446 g/mol. The van der Waals surface area contributed by atoms with E-state index in [1.54, 1.807) is 13.2 Å². The van der Waals surface area contributed by atoms with E-state index in [0.29, 0.717) is 18.4 Å². The van der Waals surface area contributed by atoms with Crippen molar-refractivity contribution in [1.29, 1.82) is 0 Å². The molecule has 6 nitrogen and oxygen atoms in total. The molecule has 2 aromatic rings. The molecule has 0 fully saturated rings. The summed E-state index contributed by atoms with van der Waals surface area (Å²) in [5, 5.41) is 9.45. The van der Waals surface area contributed by atoms with Crippen molar-refractivity contribution in [1.82, 2.24) is 0 Å². The Labute approximate surface area is 186 Å². The van der Waals surface area contributed by atoms with Crippen LogP contribution in [0.5, 0.6) is 11.5 Å². The lowest BCUT2D eigenvalue weighted by molar-refractivity contribution is -0.139. The largest absolute Gasteiger partial charge is 0.497 e. The predicted molar refractivity (Wildman–Crippen MR) is 117 cm³/mol. The van der Waals surface area contributed by atoms with Crippen LogP contribution in [0.15, 0.2) is 42.5 Å². The van der Waals surface area contributed by atoms with Gasteiger partial charge in [0, 0.05) is 0 Å². The van der Waals surface area contributed by atoms with E-state index in [9.17, 15) is 22.8 Å². The number of alkyl halides is 3. The summed E-state index contributed by atoms with van der Waals surface area (Å²) in [5.74, 6) is 0.494. The Balaban J connectivity index is 2.01. The fourth-order valence-corrected chi connectivity index (χ4v) is 3.56. The molecule has 0 saturated heterocycles. The average molecular weight is 475 g/mol. The molecule has 2 unspecified atom stereocenters. The van der Waals surface area contributed by atoms with Gasteiger partial charge in [-0.05, 0) is 61.1 Å². The Kier molecular flexibility index (Phi) is 10.0. The van der Waals surface area contributed by atoms with Crippen LogP contribution in [0.4, 0.5) is 13.2 Å². The minimum Gasteiger partial charge on any atom is -0.497 e. The summed E-state index contributed by atoms with van der Waals surface area (Å²) in [6.45, 7) is -0.444. The second kappa shape index (κ2) is 12.3. The highest BCUT2D eigenvalue weighted by molar-refractivity contribution is 7.17. The van der Waals surface area contributed by atoms with Crippen molar-refractivity contribution in [2.45, 2.75) is 37.4 Å². The Hall–Kier alpha value is -2.06. The van der Waals surface area contributed by atoms with Gasteiger partial charge in [-0.25, -0.2) is 0 Å². The van der Waals surface area contributed by atoms with Crippen LogP contribution in [-0.4, -0.2) is 37.6 Å². The Morgan fingerprint density at radius 2 is 1.84 bits per heavy atom. The van der Waals surface area contributed by atoms with Crippen molar-refractivity contribution < 1.29 is 36.8 Å². The zero-order chi connectivity index (χ0) is 23.6. The van der Waals surface area contributed by atoms with E-state index >= 15 is 0 Å². The summed E-state index contributed by atoms with van der Waals surface area (Å²) in [6.07, 6.45) is -3.04. The molecule has 10 heteroatoms. The van der Waals surface area contributed by atoms with Crippen LogP contribution >= 0.6 is 8.69 Å². The number of ether oxygens (including phenoxy) is 2. The second-order valence-corrected chi connectivity index (χ2v) is 8.09. The third-order valence-corrected chi connectivity index (χ3v) is 5.32. The normalized spacial score (nSPS) is 13.9. The molecular formula is C22H29F3NO5P. The maximum Gasteiger partial charge on any atom is 0.419 e. The van der Waals surface area contributed by atoms with Crippen LogP contribution in [0.1, 0.15) is 29.5 Å². The molecule has 0 aliphatic heterocycles. The quantitative estimate of drug-likeness (QED) is 0.336. The fraction of sp³-hybridized carbons (Fsp3) is 0.455. The highest BCUT2D eigenvalue weighted by Crippen LogP contribution is 2.37. The zero-order valence-electron chi connectivity index (χ0n) is 17.9. The van der Waals surface area contributed by atoms with Gasteiger partial charge in [-0.1, -0.05) is 18.2 Å². The number of methoxy groups -OCH3 is 1. The molecule has 2 aromatic carbocycles. The van der Waals surface area contributed by atoms with Crippen molar-refractivity contribution in [3.05, 3.63) is 59.2 Å². The molecule has 0 saturated carbocycles. The molecule has 0 amide bonds. The van der Waals surface area contributed by atoms with E-state index in [-0.39, 0.29) is 31.8 Å². The smallest absolute Gasteiger partial charge is 0.419 e. The van der Waals surface area contributed by atoms with Crippen molar-refractivity contribution in [3.63, 3.8) is 0 Å². The van der Waals surface area contributed by atoms with Crippen LogP contribution < -0.4 is 15.2 Å². The van der Waals surface area contributed by atoms with E-state index in [0.717, 1.165) is 17.4 Å². The lowest BCUT2D eigenvalue weighted by Gasteiger charge is -2.26. The number of halogens is 3. The van der Waals surface area contributed by atoms with E-state index in [1.807, 2.05) is 24.3 Å². The lowest BCUT2D eigenvalue weighted by atomic mass is 9.93. The minimum atomic E-state index is -4.58. The van der Waals surface area contributed by atoms with Gasteiger partial charge in [-0.15, -0.1) is 0 Å². The molecule has 0 heterocycles. The minimum absolute atomic E-state index is 0.130. The standard InChI is InChI=1S/C22H29F3NO5P/c1-29-18-6-2-4-16(12-18)5-3-11-30-20-8-7-17(13-19(20)22(23,24)25)9-10-21(26,14-27)15-31-32-28/h2,4,6-8,12-13,27H,3,5,9-11,14-15,26,32H2,1H3. The summed E-state index contributed by atoms with van der Waals surface area (Å²) in [5.41, 5.74) is 5.36. The second-order valence-electron chi connectivity index (χ2n) is 7.56. The van der Waals surface area contributed by atoms with Crippen LogP contribution in [0, 0.1) is 0 Å². The Morgan fingerprint density at radius 3 is 2.50 bits per heavy atom. The molecule has 0 bridgehead atoms. The highest BCUT2D eigenvalue weighted by Gasteiger charge is 2.35. The number of hydrogen-bond acceptors (Lipinski definition) is 6. The number of rotatable bonds is 13. The van der Waals surface area contributed by atoms with Crippen LogP contribution in [0.25, 0.3) is 0 Å². The van der Waals surface area contributed by atoms with Crippen molar-refractivity contribution in [3.8, 4) is 11.5 Å². The van der Waals surface area contributed by atoms with E-state index in [1.165, 1.54) is 6.07 Å². The van der Waals surface area contributed by atoms with Gasteiger partial charge < -0.3 is 24.8 Å². The zero-order valence-corrected chi connectivity index (χ0v) is 19.0. The molecule has 0 radical (unpaired) electrons. The number of aliphatic hydroxyl groups excluding tert-OH is 1. The van der Waals surface area contributed by atoms with E-state index in [2.05, 4.69) is 0 Å². The van der Waals surface area contributed by atoms with Gasteiger partial charge in [0.15, 0.2) is 8.69 Å². The van der Waals surface area contributed by atoms with E-state index < -0.39 is 32.6 Å². The molecule has 0 aromatic heterocycles. The highest BCUT2D eigenvalue weighted by atomic mass is 31.1. The summed E-state index contributed by atoms with van der Waals surface area (Å²) < 4.78 is 66.7. The van der Waals surface area contributed by atoms with Gasteiger partial charge >= 0.3 is 6.18 Å². The van der Waals surface area contributed by atoms with Crippen molar-refractivity contribution in [2.24, 2.45) is 5.73 Å². The third-order valence-electron chi connectivity index (χ3n) is 5.02. The number of aryl methyl sites for hydroxylation is 2. The number of nitrogens with two attached hydrogens (primary N) is 1. The van der Waals surface area contributed by atoms with Gasteiger partial charge in [-0.3, -0.25) is 4.57 Å². The topological polar surface area (TPSA) is 91.0 Å².